The molecule has 0 bridgehead atoms. The van der Waals surface area contributed by atoms with Crippen LogP contribution in [-0.2, 0) is 0 Å². The molecule has 4 nitrogen and oxygen atoms in total. The average molecular weight is 250 g/mol. The summed E-state index contributed by atoms with van der Waals surface area (Å²) in [7, 11) is 0. The first-order chi connectivity index (χ1) is 8.60. The molecule has 2 N–H and O–H groups in total. The largest absolute Gasteiger partial charge is 0.761 e. The summed E-state index contributed by atoms with van der Waals surface area (Å²) < 4.78 is 26.7. The van der Waals surface area contributed by atoms with Crippen molar-refractivity contribution in [3.8, 4) is 0 Å². The molecule has 0 amide bonds. The van der Waals surface area contributed by atoms with Crippen LogP contribution in [0.1, 0.15) is 5.56 Å². The Labute approximate surface area is 102 Å². The van der Waals surface area contributed by atoms with Crippen molar-refractivity contribution >= 4 is 17.2 Å². The summed E-state index contributed by atoms with van der Waals surface area (Å²) in [6, 6.07) is 5.24. The maximum Gasteiger partial charge on any atom is 0.132 e. The van der Waals surface area contributed by atoms with Gasteiger partial charge in [0.2, 0.25) is 0 Å². The van der Waals surface area contributed by atoms with Gasteiger partial charge in [0.25, 0.3) is 0 Å². The lowest BCUT2D eigenvalue weighted by Gasteiger charge is -2.11. The van der Waals surface area contributed by atoms with Crippen LogP contribution >= 0.6 is 0 Å². The monoisotopic (exact) mass is 250 g/mol. The Morgan fingerprint density at radius 3 is 2.39 bits per heavy atom. The van der Waals surface area contributed by atoms with Crippen LogP contribution in [0, 0.1) is 23.8 Å². The van der Waals surface area contributed by atoms with Gasteiger partial charge in [-0.3, -0.25) is 0 Å². The molecule has 1 aromatic heterocycles. The van der Waals surface area contributed by atoms with Gasteiger partial charge in [-0.25, -0.2) is 13.8 Å². The van der Waals surface area contributed by atoms with E-state index in [4.69, 9.17) is 0 Å². The molecule has 6 heteroatoms. The second-order valence-corrected chi connectivity index (χ2v) is 3.72. The molecule has 18 heavy (non-hydrogen) atoms. The Kier molecular flexibility index (Phi) is 3.38. The molecule has 0 fully saturated rings. The number of rotatable bonds is 3. The first-order valence-corrected chi connectivity index (χ1v) is 5.17. The lowest BCUT2D eigenvalue weighted by atomic mass is 10.2. The van der Waals surface area contributed by atoms with Gasteiger partial charge >= 0.3 is 0 Å². The van der Waals surface area contributed by atoms with Gasteiger partial charge in [0.1, 0.15) is 17.5 Å². The quantitative estimate of drug-likeness (QED) is 0.820. The van der Waals surface area contributed by atoms with Gasteiger partial charge in [-0.05, 0) is 25.1 Å². The van der Waals surface area contributed by atoms with E-state index in [1.807, 2.05) is 0 Å². The highest BCUT2D eigenvalue weighted by Gasteiger charge is 2.07. The topological polar surface area (TPSA) is 60.0 Å². The number of anilines is 3. The zero-order chi connectivity index (χ0) is 13.1. The van der Waals surface area contributed by atoms with Crippen molar-refractivity contribution in [2.45, 2.75) is 6.92 Å². The van der Waals surface area contributed by atoms with Crippen LogP contribution in [0.15, 0.2) is 30.5 Å². The fraction of sp³-hybridized carbons (Fsp3) is 0.0833. The van der Waals surface area contributed by atoms with E-state index in [1.54, 1.807) is 5.48 Å². The van der Waals surface area contributed by atoms with E-state index in [-0.39, 0.29) is 11.3 Å². The van der Waals surface area contributed by atoms with E-state index in [1.165, 1.54) is 25.3 Å². The number of nitrogens with zero attached hydrogens (tertiary/aromatic N) is 1. The van der Waals surface area contributed by atoms with Crippen LogP contribution in [0.25, 0.3) is 0 Å². The van der Waals surface area contributed by atoms with Crippen LogP contribution in [0.5, 0.6) is 0 Å². The van der Waals surface area contributed by atoms with E-state index in [9.17, 15) is 14.0 Å². The third-order valence-corrected chi connectivity index (χ3v) is 2.43. The Bertz CT molecular complexity index is 552. The lowest BCUT2D eigenvalue weighted by Crippen LogP contribution is -1.98. The first kappa shape index (κ1) is 12.3. The van der Waals surface area contributed by atoms with Crippen LogP contribution in [0.3, 0.4) is 0 Å². The molecule has 0 spiro atoms. The van der Waals surface area contributed by atoms with E-state index in [2.05, 4.69) is 10.3 Å². The third-order valence-electron chi connectivity index (χ3n) is 2.43. The summed E-state index contributed by atoms with van der Waals surface area (Å²) in [5.41, 5.74) is 2.20. The number of aromatic nitrogens is 1. The van der Waals surface area contributed by atoms with E-state index in [0.717, 1.165) is 12.1 Å². The summed E-state index contributed by atoms with van der Waals surface area (Å²) in [4.78, 5) is 3.93. The minimum absolute atomic E-state index is 0.0384. The molecule has 2 rings (SSSR count). The second-order valence-electron chi connectivity index (χ2n) is 3.72. The van der Waals surface area contributed by atoms with Crippen molar-refractivity contribution in [1.82, 2.24) is 4.98 Å². The molecule has 2 aromatic rings. The number of pyridine rings is 1. The van der Waals surface area contributed by atoms with Gasteiger partial charge in [-0.2, -0.15) is 0 Å². The van der Waals surface area contributed by atoms with Crippen LogP contribution in [0.4, 0.5) is 26.0 Å². The van der Waals surface area contributed by atoms with Crippen molar-refractivity contribution < 1.29 is 8.78 Å². The van der Waals surface area contributed by atoms with Gasteiger partial charge in [0, 0.05) is 29.2 Å². The highest BCUT2D eigenvalue weighted by molar-refractivity contribution is 5.61. The van der Waals surface area contributed by atoms with Gasteiger partial charge in [0.05, 0.1) is 0 Å². The van der Waals surface area contributed by atoms with Crippen LogP contribution in [0.2, 0.25) is 0 Å². The van der Waals surface area contributed by atoms with Gasteiger partial charge in [-0.1, -0.05) is 0 Å². The first-order valence-electron chi connectivity index (χ1n) is 5.17. The molecule has 0 saturated heterocycles. The van der Waals surface area contributed by atoms with Crippen LogP contribution < -0.4 is 10.8 Å². The zero-order valence-corrected chi connectivity index (χ0v) is 9.50. The van der Waals surface area contributed by atoms with Crippen LogP contribution in [-0.4, -0.2) is 4.98 Å². The Hall–Kier alpha value is -2.21. The van der Waals surface area contributed by atoms with Gasteiger partial charge < -0.3 is 16.0 Å². The van der Waals surface area contributed by atoms with E-state index >= 15 is 0 Å². The van der Waals surface area contributed by atoms with Crippen molar-refractivity contribution in [3.05, 3.63) is 52.9 Å². The Morgan fingerprint density at radius 1 is 1.11 bits per heavy atom. The number of nitrogens with one attached hydrogen (secondary N) is 2. The summed E-state index contributed by atoms with van der Waals surface area (Å²) >= 11 is 0. The standard InChI is InChI=1S/C12H10F2N3O/c1-7-10(13)4-9(5-11(7)14)16-12-6-8(17-18)2-3-15-12/h2-6H,1H3,(H2-,15,16,17,18)/q-1. The Balaban J connectivity index is 2.28. The highest BCUT2D eigenvalue weighted by Crippen LogP contribution is 2.22. The predicted molar refractivity (Wildman–Crippen MR) is 65.6 cm³/mol. The molecule has 0 radical (unpaired) electrons. The summed E-state index contributed by atoms with van der Waals surface area (Å²) in [6.07, 6.45) is 1.41. The van der Waals surface area contributed by atoms with Crippen molar-refractivity contribution in [3.63, 3.8) is 0 Å². The zero-order valence-electron chi connectivity index (χ0n) is 9.50. The number of halogens is 2. The summed E-state index contributed by atoms with van der Waals surface area (Å²) in [6.45, 7) is 1.36. The van der Waals surface area contributed by atoms with Crippen molar-refractivity contribution in [1.29, 1.82) is 0 Å². The molecular formula is C12H10F2N3O-. The lowest BCUT2D eigenvalue weighted by molar-refractivity contribution is 0.569. The average Bonchev–Trinajstić information content (AvgIpc) is 2.36. The normalized spacial score (nSPS) is 10.2. The summed E-state index contributed by atoms with van der Waals surface area (Å²) in [5, 5.41) is 13.2. The smallest absolute Gasteiger partial charge is 0.132 e. The Morgan fingerprint density at radius 2 is 1.78 bits per heavy atom. The number of benzene rings is 1. The van der Waals surface area contributed by atoms with Crippen molar-refractivity contribution in [2.75, 3.05) is 10.8 Å². The molecule has 0 unspecified atom stereocenters. The number of hydrogen-bond donors (Lipinski definition) is 2. The molecule has 0 saturated carbocycles. The SMILES string of the molecule is Cc1c(F)cc(Nc2cc(N[O-])ccn2)cc1F. The molecule has 1 heterocycles. The summed E-state index contributed by atoms with van der Waals surface area (Å²) in [5.74, 6) is -0.968. The number of hydrogen-bond acceptors (Lipinski definition) is 4. The predicted octanol–water partition coefficient (Wildman–Crippen LogP) is 3.32. The molecule has 1 aromatic carbocycles. The second kappa shape index (κ2) is 4.97. The third kappa shape index (κ3) is 2.54. The van der Waals surface area contributed by atoms with Crippen molar-refractivity contribution in [2.24, 2.45) is 0 Å². The molecule has 0 atom stereocenters. The fourth-order valence-electron chi connectivity index (χ4n) is 1.43. The van der Waals surface area contributed by atoms with Gasteiger partial charge in [0.15, 0.2) is 0 Å². The minimum Gasteiger partial charge on any atom is -0.761 e. The van der Waals surface area contributed by atoms with E-state index in [0.29, 0.717) is 11.5 Å². The maximum absolute atomic E-state index is 13.3. The molecule has 0 aliphatic heterocycles. The molecular weight excluding hydrogens is 240 g/mol. The highest BCUT2D eigenvalue weighted by atomic mass is 19.1. The fourth-order valence-corrected chi connectivity index (χ4v) is 1.43. The maximum atomic E-state index is 13.3. The van der Waals surface area contributed by atoms with E-state index < -0.39 is 11.6 Å². The van der Waals surface area contributed by atoms with Gasteiger partial charge in [-0.15, -0.1) is 0 Å². The minimum atomic E-state index is -0.643. The molecule has 94 valence electrons. The molecule has 0 aliphatic carbocycles. The molecule has 0 aliphatic rings.